The zero-order valence-corrected chi connectivity index (χ0v) is 12.2. The van der Waals surface area contributed by atoms with Crippen LogP contribution in [-0.4, -0.2) is 36.6 Å². The van der Waals surface area contributed by atoms with Gasteiger partial charge in [-0.05, 0) is 37.1 Å². The van der Waals surface area contributed by atoms with Gasteiger partial charge in [0.05, 0.1) is 6.61 Å². The van der Waals surface area contributed by atoms with E-state index in [1.54, 1.807) is 0 Å². The molecule has 1 heterocycles. The van der Waals surface area contributed by atoms with Crippen molar-refractivity contribution in [2.24, 2.45) is 0 Å². The quantitative estimate of drug-likeness (QED) is 0.928. The zero-order valence-electron chi connectivity index (χ0n) is 10.6. The molecule has 1 aromatic carbocycles. The number of aryl methyl sites for hydroxylation is 1. The van der Waals surface area contributed by atoms with Crippen molar-refractivity contribution in [1.82, 2.24) is 4.90 Å². The first kappa shape index (κ1) is 13.9. The molecule has 1 aromatic rings. The number of hydrogen-bond acceptors (Lipinski definition) is 3. The molecule has 0 atom stereocenters. The summed E-state index contributed by atoms with van der Waals surface area (Å²) in [6, 6.07) is 5.61. The Morgan fingerprint density at radius 1 is 1.53 bits per heavy atom. The van der Waals surface area contributed by atoms with Gasteiger partial charge in [-0.1, -0.05) is 15.9 Å². The third-order valence-corrected chi connectivity index (χ3v) is 3.35. The summed E-state index contributed by atoms with van der Waals surface area (Å²) in [5.74, 6) is -0.218. The lowest BCUT2D eigenvalue weighted by Crippen LogP contribution is -2.42. The van der Waals surface area contributed by atoms with Crippen molar-refractivity contribution in [3.63, 3.8) is 0 Å². The molecule has 0 saturated carbocycles. The zero-order chi connectivity index (χ0) is 13.8. The smallest absolute Gasteiger partial charge is 0.410 e. The molecule has 6 heteroatoms. The molecule has 1 aliphatic heterocycles. The van der Waals surface area contributed by atoms with Gasteiger partial charge in [0.1, 0.15) is 6.54 Å². The summed E-state index contributed by atoms with van der Waals surface area (Å²) < 4.78 is 5.84. The number of anilines is 1. The highest BCUT2D eigenvalue weighted by atomic mass is 79.9. The molecule has 0 aliphatic carbocycles. The van der Waals surface area contributed by atoms with E-state index in [-0.39, 0.29) is 12.5 Å². The molecule has 19 heavy (non-hydrogen) atoms. The van der Waals surface area contributed by atoms with Crippen LogP contribution in [0.1, 0.15) is 12.0 Å². The molecule has 1 aliphatic rings. The lowest BCUT2D eigenvalue weighted by Gasteiger charge is -2.25. The molecule has 1 saturated heterocycles. The Morgan fingerprint density at radius 2 is 2.32 bits per heavy atom. The van der Waals surface area contributed by atoms with Crippen molar-refractivity contribution in [2.45, 2.75) is 13.3 Å². The van der Waals surface area contributed by atoms with Gasteiger partial charge in [-0.25, -0.2) is 4.79 Å². The van der Waals surface area contributed by atoms with Crippen LogP contribution in [0, 0.1) is 6.92 Å². The van der Waals surface area contributed by atoms with Crippen molar-refractivity contribution in [2.75, 3.05) is 25.0 Å². The summed E-state index contributed by atoms with van der Waals surface area (Å²) in [5, 5.41) is 2.80. The van der Waals surface area contributed by atoms with Crippen LogP contribution in [0.4, 0.5) is 10.5 Å². The number of amides is 2. The number of hydrogen-bond donors (Lipinski definition) is 1. The van der Waals surface area contributed by atoms with E-state index in [0.29, 0.717) is 13.2 Å². The van der Waals surface area contributed by atoms with Crippen molar-refractivity contribution in [3.05, 3.63) is 28.2 Å². The maximum atomic E-state index is 11.9. The van der Waals surface area contributed by atoms with E-state index in [1.807, 2.05) is 25.1 Å². The van der Waals surface area contributed by atoms with E-state index < -0.39 is 6.09 Å². The minimum Gasteiger partial charge on any atom is -0.449 e. The number of nitrogens with one attached hydrogen (secondary N) is 1. The van der Waals surface area contributed by atoms with Crippen LogP contribution in [0.15, 0.2) is 22.7 Å². The average Bonchev–Trinajstić information content (AvgIpc) is 2.36. The summed E-state index contributed by atoms with van der Waals surface area (Å²) in [5.41, 5.74) is 1.71. The van der Waals surface area contributed by atoms with Gasteiger partial charge in [-0.3, -0.25) is 9.69 Å². The van der Waals surface area contributed by atoms with Crippen LogP contribution in [0.3, 0.4) is 0 Å². The number of carbonyl (C=O) groups excluding carboxylic acids is 2. The predicted octanol–water partition coefficient (Wildman–Crippen LogP) is 2.54. The first-order valence-corrected chi connectivity index (χ1v) is 6.83. The average molecular weight is 327 g/mol. The number of rotatable bonds is 3. The molecular formula is C13H15BrN2O3. The minimum atomic E-state index is -0.422. The molecule has 5 nitrogen and oxygen atoms in total. The minimum absolute atomic E-state index is 0.0222. The Bertz CT molecular complexity index is 505. The van der Waals surface area contributed by atoms with Gasteiger partial charge in [0.15, 0.2) is 0 Å². The lowest BCUT2D eigenvalue weighted by molar-refractivity contribution is -0.117. The Kier molecular flexibility index (Phi) is 4.42. The van der Waals surface area contributed by atoms with E-state index in [2.05, 4.69) is 21.2 Å². The van der Waals surface area contributed by atoms with Gasteiger partial charge in [0, 0.05) is 16.7 Å². The molecule has 102 valence electrons. The largest absolute Gasteiger partial charge is 0.449 e. The normalized spacial score (nSPS) is 15.1. The molecule has 0 spiro atoms. The Morgan fingerprint density at radius 3 is 3.00 bits per heavy atom. The highest BCUT2D eigenvalue weighted by Gasteiger charge is 2.22. The van der Waals surface area contributed by atoms with Crippen LogP contribution in [0.5, 0.6) is 0 Å². The fraction of sp³-hybridized carbons (Fsp3) is 0.385. The Hall–Kier alpha value is -1.56. The van der Waals surface area contributed by atoms with E-state index in [4.69, 9.17) is 4.74 Å². The molecule has 0 unspecified atom stereocenters. The topological polar surface area (TPSA) is 58.6 Å². The maximum Gasteiger partial charge on any atom is 0.410 e. The second kappa shape index (κ2) is 6.06. The van der Waals surface area contributed by atoms with Crippen LogP contribution in [-0.2, 0) is 9.53 Å². The standard InChI is InChI=1S/C13H15BrN2O3/c1-9-7-10(14)3-4-11(9)15-12(17)8-16-5-2-6-19-13(16)18/h3-4,7H,2,5-6,8H2,1H3,(H,15,17). The third kappa shape index (κ3) is 3.70. The molecule has 0 radical (unpaired) electrons. The number of nitrogens with zero attached hydrogens (tertiary/aromatic N) is 1. The van der Waals surface area contributed by atoms with Crippen molar-refractivity contribution < 1.29 is 14.3 Å². The van der Waals surface area contributed by atoms with Crippen LogP contribution >= 0.6 is 15.9 Å². The predicted molar refractivity (Wildman–Crippen MR) is 75.0 cm³/mol. The van der Waals surface area contributed by atoms with Gasteiger partial charge < -0.3 is 10.1 Å². The van der Waals surface area contributed by atoms with Crippen molar-refractivity contribution >= 4 is 33.6 Å². The summed E-state index contributed by atoms with van der Waals surface area (Å²) in [4.78, 5) is 24.7. The van der Waals surface area contributed by atoms with Gasteiger partial charge in [-0.15, -0.1) is 0 Å². The summed E-state index contributed by atoms with van der Waals surface area (Å²) >= 11 is 3.37. The SMILES string of the molecule is Cc1cc(Br)ccc1NC(=O)CN1CCCOC1=O. The number of ether oxygens (including phenoxy) is 1. The molecule has 2 rings (SSSR count). The Balaban J connectivity index is 1.95. The number of halogens is 1. The summed E-state index contributed by atoms with van der Waals surface area (Å²) in [7, 11) is 0. The first-order chi connectivity index (χ1) is 9.06. The second-order valence-electron chi connectivity index (χ2n) is 4.40. The van der Waals surface area contributed by atoms with Crippen molar-refractivity contribution in [1.29, 1.82) is 0 Å². The van der Waals surface area contributed by atoms with E-state index in [1.165, 1.54) is 4.90 Å². The number of benzene rings is 1. The maximum absolute atomic E-state index is 11.9. The molecule has 1 N–H and O–H groups in total. The van der Waals surface area contributed by atoms with Crippen LogP contribution < -0.4 is 5.32 Å². The highest BCUT2D eigenvalue weighted by Crippen LogP contribution is 2.20. The Labute approximate surface area is 120 Å². The van der Waals surface area contributed by atoms with Gasteiger partial charge >= 0.3 is 6.09 Å². The number of cyclic esters (lactones) is 1. The molecule has 1 fully saturated rings. The fourth-order valence-electron chi connectivity index (χ4n) is 1.87. The van der Waals surface area contributed by atoms with E-state index >= 15 is 0 Å². The fourth-order valence-corrected chi connectivity index (χ4v) is 2.35. The molecular weight excluding hydrogens is 312 g/mol. The van der Waals surface area contributed by atoms with Crippen LogP contribution in [0.25, 0.3) is 0 Å². The van der Waals surface area contributed by atoms with Gasteiger partial charge in [0.2, 0.25) is 5.91 Å². The van der Waals surface area contributed by atoms with E-state index in [0.717, 1.165) is 22.1 Å². The van der Waals surface area contributed by atoms with E-state index in [9.17, 15) is 9.59 Å². The molecule has 0 bridgehead atoms. The van der Waals surface area contributed by atoms with Crippen LogP contribution in [0.2, 0.25) is 0 Å². The highest BCUT2D eigenvalue weighted by molar-refractivity contribution is 9.10. The summed E-state index contributed by atoms with van der Waals surface area (Å²) in [6.07, 6.45) is 0.338. The number of carbonyl (C=O) groups is 2. The monoisotopic (exact) mass is 326 g/mol. The summed E-state index contributed by atoms with van der Waals surface area (Å²) in [6.45, 7) is 2.93. The van der Waals surface area contributed by atoms with Gasteiger partial charge in [-0.2, -0.15) is 0 Å². The first-order valence-electron chi connectivity index (χ1n) is 6.04. The lowest BCUT2D eigenvalue weighted by atomic mass is 10.2. The second-order valence-corrected chi connectivity index (χ2v) is 5.31. The molecule has 0 aromatic heterocycles. The molecule has 2 amide bonds. The third-order valence-electron chi connectivity index (χ3n) is 2.85. The van der Waals surface area contributed by atoms with Crippen molar-refractivity contribution in [3.8, 4) is 0 Å². The van der Waals surface area contributed by atoms with Gasteiger partial charge in [0.25, 0.3) is 0 Å².